The first-order chi connectivity index (χ1) is 15.7. The first-order valence-corrected chi connectivity index (χ1v) is 12.6. The standard InChI is InChI=1S/C27H41FO5/c1-4-5-6-9-20(29)11-12-21-22-13-18-8-7-10-25(23(18)14-19(22)15-24(21)30)32-16-26(31)33-27(2,3)17-28/h7-8,10,19-22,24,29-30H,4-6,9,11-17H2,1-3H3/t19-,20+,21+,22-,24+/m0/s1. The van der Waals surface area contributed by atoms with E-state index in [0.717, 1.165) is 63.4 Å². The van der Waals surface area contributed by atoms with Crippen LogP contribution >= 0.6 is 0 Å². The van der Waals surface area contributed by atoms with E-state index in [9.17, 15) is 19.4 Å². The van der Waals surface area contributed by atoms with Crippen molar-refractivity contribution in [2.75, 3.05) is 13.3 Å². The van der Waals surface area contributed by atoms with Gasteiger partial charge >= 0.3 is 5.97 Å². The van der Waals surface area contributed by atoms with Crippen molar-refractivity contribution in [3.63, 3.8) is 0 Å². The summed E-state index contributed by atoms with van der Waals surface area (Å²) in [4.78, 5) is 12.1. The molecule has 186 valence electrons. The molecule has 0 heterocycles. The summed E-state index contributed by atoms with van der Waals surface area (Å²) in [5.74, 6) is 1.08. The van der Waals surface area contributed by atoms with Gasteiger partial charge in [0.15, 0.2) is 6.61 Å². The van der Waals surface area contributed by atoms with Crippen LogP contribution in [-0.4, -0.2) is 47.3 Å². The predicted octanol–water partition coefficient (Wildman–Crippen LogP) is 4.79. The first-order valence-electron chi connectivity index (χ1n) is 12.6. The molecule has 0 unspecified atom stereocenters. The zero-order valence-electron chi connectivity index (χ0n) is 20.4. The highest BCUT2D eigenvalue weighted by Crippen LogP contribution is 2.48. The second-order valence-electron chi connectivity index (χ2n) is 10.6. The van der Waals surface area contributed by atoms with Gasteiger partial charge < -0.3 is 19.7 Å². The molecular formula is C27H41FO5. The van der Waals surface area contributed by atoms with Crippen molar-refractivity contribution < 1.29 is 28.9 Å². The van der Waals surface area contributed by atoms with Crippen LogP contribution in [0.1, 0.15) is 76.8 Å². The summed E-state index contributed by atoms with van der Waals surface area (Å²) in [5, 5.41) is 21.1. The Kier molecular flexibility index (Phi) is 9.17. The molecule has 1 aromatic carbocycles. The van der Waals surface area contributed by atoms with Crippen molar-refractivity contribution in [2.24, 2.45) is 17.8 Å². The van der Waals surface area contributed by atoms with Crippen LogP contribution < -0.4 is 4.74 Å². The molecule has 5 atom stereocenters. The Morgan fingerprint density at radius 3 is 2.76 bits per heavy atom. The molecule has 0 spiro atoms. The van der Waals surface area contributed by atoms with Crippen LogP contribution in [-0.2, 0) is 22.4 Å². The van der Waals surface area contributed by atoms with Gasteiger partial charge in [-0.1, -0.05) is 38.3 Å². The van der Waals surface area contributed by atoms with Gasteiger partial charge in [-0.15, -0.1) is 0 Å². The number of halogens is 1. The first kappa shape index (κ1) is 26.0. The van der Waals surface area contributed by atoms with Crippen LogP contribution in [0, 0.1) is 17.8 Å². The van der Waals surface area contributed by atoms with Gasteiger partial charge in [0.1, 0.15) is 18.0 Å². The lowest BCUT2D eigenvalue weighted by Gasteiger charge is -2.32. The number of unbranched alkanes of at least 4 members (excludes halogenated alkanes) is 2. The summed E-state index contributed by atoms with van der Waals surface area (Å²) < 4.78 is 23.9. The third-order valence-corrected chi connectivity index (χ3v) is 7.38. The number of carbonyl (C=O) groups excluding carboxylic acids is 1. The molecular weight excluding hydrogens is 423 g/mol. The molecule has 2 aliphatic carbocycles. The number of benzene rings is 1. The van der Waals surface area contributed by atoms with Crippen molar-refractivity contribution in [1.82, 2.24) is 0 Å². The summed E-state index contributed by atoms with van der Waals surface area (Å²) in [6, 6.07) is 5.90. The summed E-state index contributed by atoms with van der Waals surface area (Å²) in [6.07, 6.45) is 7.67. The van der Waals surface area contributed by atoms with E-state index >= 15 is 0 Å². The number of aliphatic hydroxyl groups excluding tert-OH is 2. The van der Waals surface area contributed by atoms with Gasteiger partial charge in [-0.2, -0.15) is 0 Å². The molecule has 2 aliphatic rings. The second kappa shape index (κ2) is 11.7. The molecule has 0 bridgehead atoms. The van der Waals surface area contributed by atoms with Crippen molar-refractivity contribution in [1.29, 1.82) is 0 Å². The quantitative estimate of drug-likeness (QED) is 0.344. The van der Waals surface area contributed by atoms with E-state index < -0.39 is 18.2 Å². The number of aliphatic hydroxyl groups is 2. The molecule has 33 heavy (non-hydrogen) atoms. The highest BCUT2D eigenvalue weighted by Gasteiger charge is 2.44. The largest absolute Gasteiger partial charge is 0.482 e. The van der Waals surface area contributed by atoms with Gasteiger partial charge in [0, 0.05) is 0 Å². The van der Waals surface area contributed by atoms with Crippen molar-refractivity contribution >= 4 is 5.97 Å². The van der Waals surface area contributed by atoms with E-state index in [2.05, 4.69) is 13.0 Å². The summed E-state index contributed by atoms with van der Waals surface area (Å²) in [6.45, 7) is 4.22. The molecule has 1 fully saturated rings. The predicted molar refractivity (Wildman–Crippen MR) is 126 cm³/mol. The zero-order chi connectivity index (χ0) is 24.0. The van der Waals surface area contributed by atoms with E-state index in [4.69, 9.17) is 9.47 Å². The minimum Gasteiger partial charge on any atom is -0.482 e. The average Bonchev–Trinajstić information content (AvgIpc) is 3.08. The fourth-order valence-corrected chi connectivity index (χ4v) is 5.60. The van der Waals surface area contributed by atoms with Gasteiger partial charge in [0.05, 0.1) is 12.2 Å². The molecule has 0 saturated heterocycles. The molecule has 2 N–H and O–H groups in total. The molecule has 5 nitrogen and oxygen atoms in total. The summed E-state index contributed by atoms with van der Waals surface area (Å²) in [5.41, 5.74) is 1.15. The van der Waals surface area contributed by atoms with Crippen LogP contribution in [0.2, 0.25) is 0 Å². The number of alkyl halides is 1. The third kappa shape index (κ3) is 6.92. The fourth-order valence-electron chi connectivity index (χ4n) is 5.60. The van der Waals surface area contributed by atoms with E-state index in [0.29, 0.717) is 17.6 Å². The van der Waals surface area contributed by atoms with E-state index in [1.165, 1.54) is 19.4 Å². The normalized spacial score (nSPS) is 25.3. The monoisotopic (exact) mass is 464 g/mol. The van der Waals surface area contributed by atoms with Gasteiger partial charge in [0.25, 0.3) is 0 Å². The smallest absolute Gasteiger partial charge is 0.344 e. The zero-order valence-corrected chi connectivity index (χ0v) is 20.4. The maximum absolute atomic E-state index is 12.9. The Balaban J connectivity index is 1.59. The van der Waals surface area contributed by atoms with Gasteiger partial charge in [-0.05, 0) is 87.3 Å². The van der Waals surface area contributed by atoms with Crippen LogP contribution in [0.15, 0.2) is 18.2 Å². The molecule has 0 radical (unpaired) electrons. The number of hydrogen-bond acceptors (Lipinski definition) is 5. The number of esters is 1. The number of carbonyl (C=O) groups is 1. The average molecular weight is 465 g/mol. The lowest BCUT2D eigenvalue weighted by atomic mass is 9.73. The van der Waals surface area contributed by atoms with Gasteiger partial charge in [-0.3, -0.25) is 0 Å². The minimum atomic E-state index is -1.15. The highest BCUT2D eigenvalue weighted by atomic mass is 19.1. The maximum atomic E-state index is 12.9. The van der Waals surface area contributed by atoms with E-state index in [-0.39, 0.29) is 24.7 Å². The van der Waals surface area contributed by atoms with Crippen molar-refractivity contribution in [3.05, 3.63) is 29.3 Å². The number of hydrogen-bond donors (Lipinski definition) is 2. The second-order valence-corrected chi connectivity index (χ2v) is 10.6. The molecule has 0 aliphatic heterocycles. The lowest BCUT2D eigenvalue weighted by molar-refractivity contribution is -0.160. The van der Waals surface area contributed by atoms with E-state index in [1.54, 1.807) is 0 Å². The Labute approximate surface area is 197 Å². The topological polar surface area (TPSA) is 76.0 Å². The molecule has 1 aromatic rings. The SMILES string of the molecule is CCCCC[C@@H](O)CC[C@@H]1[C@H]2Cc3cccc(OCC(=O)OC(C)(C)CF)c3C[C@H]2C[C@H]1O. The number of rotatable bonds is 12. The van der Waals surface area contributed by atoms with Crippen molar-refractivity contribution in [3.8, 4) is 5.75 Å². The van der Waals surface area contributed by atoms with Crippen LogP contribution in [0.4, 0.5) is 4.39 Å². The molecule has 1 saturated carbocycles. The number of fused-ring (bicyclic) bond motifs is 2. The highest BCUT2D eigenvalue weighted by molar-refractivity contribution is 5.71. The lowest BCUT2D eigenvalue weighted by Crippen LogP contribution is -2.32. The van der Waals surface area contributed by atoms with Gasteiger partial charge in [-0.25, -0.2) is 9.18 Å². The van der Waals surface area contributed by atoms with Crippen molar-refractivity contribution in [2.45, 2.75) is 96.4 Å². The summed E-state index contributed by atoms with van der Waals surface area (Å²) >= 11 is 0. The third-order valence-electron chi connectivity index (χ3n) is 7.38. The Morgan fingerprint density at radius 2 is 2.03 bits per heavy atom. The Bertz CT molecular complexity index is 780. The molecule has 3 rings (SSSR count). The molecule has 0 amide bonds. The van der Waals surface area contributed by atoms with Crippen LogP contribution in [0.5, 0.6) is 5.75 Å². The minimum absolute atomic E-state index is 0.214. The molecule has 6 heteroatoms. The maximum Gasteiger partial charge on any atom is 0.344 e. The Morgan fingerprint density at radius 1 is 1.24 bits per heavy atom. The Hall–Kier alpha value is -1.66. The summed E-state index contributed by atoms with van der Waals surface area (Å²) in [7, 11) is 0. The van der Waals surface area contributed by atoms with Gasteiger partial charge in [0.2, 0.25) is 0 Å². The van der Waals surface area contributed by atoms with Crippen LogP contribution in [0.25, 0.3) is 0 Å². The number of ether oxygens (including phenoxy) is 2. The molecule has 0 aromatic heterocycles. The fraction of sp³-hybridized carbons (Fsp3) is 0.741. The van der Waals surface area contributed by atoms with Crippen LogP contribution in [0.3, 0.4) is 0 Å². The van der Waals surface area contributed by atoms with E-state index in [1.807, 2.05) is 12.1 Å².